The van der Waals surface area contributed by atoms with Gasteiger partial charge in [0.15, 0.2) is 0 Å². The molecule has 0 bridgehead atoms. The Bertz CT molecular complexity index is 897. The maximum absolute atomic E-state index is 12.5. The molecule has 1 amide bonds. The van der Waals surface area contributed by atoms with E-state index in [1.54, 1.807) is 42.5 Å². The molecule has 1 atom stereocenters. The predicted octanol–water partition coefficient (Wildman–Crippen LogP) is 5.33. The van der Waals surface area contributed by atoms with E-state index < -0.39 is 6.10 Å². The SMILES string of the molecule is O=C(Nc1ccc(Cl)cc1[C@@H](O)c1ccccc1)c1ccccc1Cl. The number of halogens is 2. The van der Waals surface area contributed by atoms with Crippen molar-refractivity contribution in [3.8, 4) is 0 Å². The van der Waals surface area contributed by atoms with Crippen LogP contribution in [-0.2, 0) is 0 Å². The zero-order valence-electron chi connectivity index (χ0n) is 13.1. The molecule has 0 fully saturated rings. The fourth-order valence-electron chi connectivity index (χ4n) is 2.52. The van der Waals surface area contributed by atoms with Crippen molar-refractivity contribution in [2.75, 3.05) is 5.32 Å². The van der Waals surface area contributed by atoms with Gasteiger partial charge in [-0.3, -0.25) is 4.79 Å². The van der Waals surface area contributed by atoms with Crippen LogP contribution in [-0.4, -0.2) is 11.0 Å². The van der Waals surface area contributed by atoms with E-state index in [4.69, 9.17) is 23.2 Å². The molecule has 0 unspecified atom stereocenters. The summed E-state index contributed by atoms with van der Waals surface area (Å²) in [6.45, 7) is 0. The average molecular weight is 372 g/mol. The number of anilines is 1. The van der Waals surface area contributed by atoms with Crippen molar-refractivity contribution < 1.29 is 9.90 Å². The zero-order chi connectivity index (χ0) is 17.8. The fourth-order valence-corrected chi connectivity index (χ4v) is 2.93. The summed E-state index contributed by atoms with van der Waals surface area (Å²) < 4.78 is 0. The first kappa shape index (κ1) is 17.5. The minimum absolute atomic E-state index is 0.352. The molecule has 0 aliphatic heterocycles. The summed E-state index contributed by atoms with van der Waals surface area (Å²) in [4.78, 5) is 12.5. The van der Waals surface area contributed by atoms with Crippen molar-refractivity contribution in [1.29, 1.82) is 0 Å². The van der Waals surface area contributed by atoms with Gasteiger partial charge in [0.05, 0.1) is 10.6 Å². The Morgan fingerprint density at radius 2 is 1.60 bits per heavy atom. The zero-order valence-corrected chi connectivity index (χ0v) is 14.6. The van der Waals surface area contributed by atoms with Crippen LogP contribution in [0.3, 0.4) is 0 Å². The molecule has 0 spiro atoms. The monoisotopic (exact) mass is 371 g/mol. The van der Waals surface area contributed by atoms with E-state index in [1.165, 1.54) is 0 Å². The molecule has 0 saturated carbocycles. The molecular formula is C20H15Cl2NO2. The third-order valence-electron chi connectivity index (χ3n) is 3.79. The maximum atomic E-state index is 12.5. The van der Waals surface area contributed by atoms with Gasteiger partial charge in [-0.1, -0.05) is 65.7 Å². The van der Waals surface area contributed by atoms with Gasteiger partial charge in [0.2, 0.25) is 0 Å². The van der Waals surface area contributed by atoms with Gasteiger partial charge in [-0.2, -0.15) is 0 Å². The number of amides is 1. The Morgan fingerprint density at radius 1 is 0.920 bits per heavy atom. The Hall–Kier alpha value is -2.33. The molecule has 0 saturated heterocycles. The van der Waals surface area contributed by atoms with Crippen LogP contribution in [0.15, 0.2) is 72.8 Å². The van der Waals surface area contributed by atoms with Crippen LogP contribution in [0.5, 0.6) is 0 Å². The first-order valence-electron chi connectivity index (χ1n) is 7.64. The molecule has 0 aliphatic rings. The van der Waals surface area contributed by atoms with Crippen LogP contribution in [0.4, 0.5) is 5.69 Å². The van der Waals surface area contributed by atoms with Gasteiger partial charge in [0.1, 0.15) is 6.10 Å². The van der Waals surface area contributed by atoms with Crippen LogP contribution in [0, 0.1) is 0 Å². The Morgan fingerprint density at radius 3 is 2.32 bits per heavy atom. The van der Waals surface area contributed by atoms with Crippen molar-refractivity contribution in [2.24, 2.45) is 0 Å². The molecule has 0 radical (unpaired) electrons. The predicted molar refractivity (Wildman–Crippen MR) is 101 cm³/mol. The van der Waals surface area contributed by atoms with E-state index in [0.717, 1.165) is 0 Å². The lowest BCUT2D eigenvalue weighted by Crippen LogP contribution is -2.15. The van der Waals surface area contributed by atoms with E-state index in [9.17, 15) is 9.90 Å². The average Bonchev–Trinajstić information content (AvgIpc) is 2.63. The number of hydrogen-bond acceptors (Lipinski definition) is 2. The highest BCUT2D eigenvalue weighted by Crippen LogP contribution is 2.31. The first-order valence-corrected chi connectivity index (χ1v) is 8.40. The molecule has 0 aliphatic carbocycles. The summed E-state index contributed by atoms with van der Waals surface area (Å²) in [7, 11) is 0. The van der Waals surface area contributed by atoms with Gasteiger partial charge >= 0.3 is 0 Å². The topological polar surface area (TPSA) is 49.3 Å². The van der Waals surface area contributed by atoms with Gasteiger partial charge in [-0.05, 0) is 35.9 Å². The Kier molecular flexibility index (Phi) is 5.39. The Balaban J connectivity index is 1.95. The number of nitrogens with one attached hydrogen (secondary N) is 1. The standard InChI is InChI=1S/C20H15Cl2NO2/c21-14-10-11-18(23-20(25)15-8-4-5-9-17(15)22)16(12-14)19(24)13-6-2-1-3-7-13/h1-12,19,24H,(H,23,25)/t19-/m0/s1. The van der Waals surface area contributed by atoms with E-state index in [-0.39, 0.29) is 5.91 Å². The number of aliphatic hydroxyl groups excluding tert-OH is 1. The molecule has 3 aromatic carbocycles. The minimum Gasteiger partial charge on any atom is -0.384 e. The van der Waals surface area contributed by atoms with Crippen LogP contribution in [0.1, 0.15) is 27.6 Å². The molecule has 0 heterocycles. The second-order valence-electron chi connectivity index (χ2n) is 5.48. The van der Waals surface area contributed by atoms with Crippen molar-refractivity contribution in [2.45, 2.75) is 6.10 Å². The molecular weight excluding hydrogens is 357 g/mol. The van der Waals surface area contributed by atoms with Crippen LogP contribution < -0.4 is 5.32 Å². The highest BCUT2D eigenvalue weighted by molar-refractivity contribution is 6.34. The molecule has 5 heteroatoms. The lowest BCUT2D eigenvalue weighted by molar-refractivity contribution is 0.102. The normalized spacial score (nSPS) is 11.8. The summed E-state index contributed by atoms with van der Waals surface area (Å²) in [6.07, 6.45) is -0.915. The van der Waals surface area contributed by atoms with Gasteiger partial charge < -0.3 is 10.4 Å². The third-order valence-corrected chi connectivity index (χ3v) is 4.35. The van der Waals surface area contributed by atoms with Crippen molar-refractivity contribution in [1.82, 2.24) is 0 Å². The highest BCUT2D eigenvalue weighted by atomic mass is 35.5. The van der Waals surface area contributed by atoms with Gasteiger partial charge in [0, 0.05) is 16.3 Å². The van der Waals surface area contributed by atoms with Crippen LogP contribution >= 0.6 is 23.2 Å². The number of aliphatic hydroxyl groups is 1. The number of hydrogen-bond donors (Lipinski definition) is 2. The van der Waals surface area contributed by atoms with Crippen molar-refractivity contribution in [3.63, 3.8) is 0 Å². The molecule has 25 heavy (non-hydrogen) atoms. The quantitative estimate of drug-likeness (QED) is 0.651. The maximum Gasteiger partial charge on any atom is 0.257 e. The molecule has 3 nitrogen and oxygen atoms in total. The van der Waals surface area contributed by atoms with Gasteiger partial charge in [-0.15, -0.1) is 0 Å². The van der Waals surface area contributed by atoms with E-state index >= 15 is 0 Å². The molecule has 3 aromatic rings. The van der Waals surface area contributed by atoms with E-state index in [2.05, 4.69) is 5.32 Å². The summed E-state index contributed by atoms with van der Waals surface area (Å²) in [6, 6.07) is 20.9. The fraction of sp³-hybridized carbons (Fsp3) is 0.0500. The number of carbonyl (C=O) groups is 1. The van der Waals surface area contributed by atoms with Crippen molar-refractivity contribution in [3.05, 3.63) is 99.5 Å². The molecule has 0 aromatic heterocycles. The van der Waals surface area contributed by atoms with Gasteiger partial charge in [0.25, 0.3) is 5.91 Å². The first-order chi connectivity index (χ1) is 12.1. The lowest BCUT2D eigenvalue weighted by atomic mass is 9.99. The minimum atomic E-state index is -0.915. The second kappa shape index (κ2) is 7.70. The second-order valence-corrected chi connectivity index (χ2v) is 6.32. The summed E-state index contributed by atoms with van der Waals surface area (Å²) in [5.74, 6) is -0.352. The third kappa shape index (κ3) is 4.02. The largest absolute Gasteiger partial charge is 0.384 e. The number of rotatable bonds is 4. The molecule has 3 rings (SSSR count). The summed E-state index contributed by atoms with van der Waals surface area (Å²) >= 11 is 12.2. The van der Waals surface area contributed by atoms with Crippen LogP contribution in [0.2, 0.25) is 10.0 Å². The number of carbonyl (C=O) groups excluding carboxylic acids is 1. The van der Waals surface area contributed by atoms with Gasteiger partial charge in [-0.25, -0.2) is 0 Å². The summed E-state index contributed by atoms with van der Waals surface area (Å²) in [5, 5.41) is 14.3. The van der Waals surface area contributed by atoms with Crippen molar-refractivity contribution >= 4 is 34.8 Å². The smallest absolute Gasteiger partial charge is 0.257 e. The number of benzene rings is 3. The highest BCUT2D eigenvalue weighted by Gasteiger charge is 2.18. The Labute approximate surface area is 155 Å². The van der Waals surface area contributed by atoms with E-state index in [0.29, 0.717) is 32.4 Å². The van der Waals surface area contributed by atoms with Crippen LogP contribution in [0.25, 0.3) is 0 Å². The molecule has 2 N–H and O–H groups in total. The molecule has 126 valence electrons. The lowest BCUT2D eigenvalue weighted by Gasteiger charge is -2.17. The van der Waals surface area contributed by atoms with E-state index in [1.807, 2.05) is 30.3 Å². The summed E-state index contributed by atoms with van der Waals surface area (Å²) in [5.41, 5.74) is 2.06.